The largest absolute Gasteiger partial charge is 0.357 e. The van der Waals surface area contributed by atoms with Gasteiger partial charge in [0.05, 0.1) is 11.9 Å². The van der Waals surface area contributed by atoms with E-state index < -0.39 is 28.5 Å². The summed E-state index contributed by atoms with van der Waals surface area (Å²) in [5.41, 5.74) is 1.83. The molecule has 1 atom stereocenters. The minimum Gasteiger partial charge on any atom is -0.357 e. The summed E-state index contributed by atoms with van der Waals surface area (Å²) in [6.07, 6.45) is 1.99. The number of nitrogens with zero attached hydrogens (tertiary/aromatic N) is 2. The van der Waals surface area contributed by atoms with Crippen LogP contribution in [-0.2, 0) is 32.6 Å². The third kappa shape index (κ3) is 6.85. The predicted octanol–water partition coefficient (Wildman–Crippen LogP) is 3.88. The van der Waals surface area contributed by atoms with Crippen LogP contribution in [0.15, 0.2) is 42.5 Å². The van der Waals surface area contributed by atoms with E-state index in [-0.39, 0.29) is 12.5 Å². The van der Waals surface area contributed by atoms with Gasteiger partial charge in [0.2, 0.25) is 21.8 Å². The fraction of sp³-hybridized carbons (Fsp3) is 0.391. The second-order valence-corrected chi connectivity index (χ2v) is 10.3. The number of halogens is 2. The van der Waals surface area contributed by atoms with Crippen LogP contribution in [0.25, 0.3) is 0 Å². The highest BCUT2D eigenvalue weighted by atomic mass is 35.5. The summed E-state index contributed by atoms with van der Waals surface area (Å²) in [5.74, 6) is -0.872. The monoisotopic (exact) mass is 513 g/mol. The van der Waals surface area contributed by atoms with E-state index in [1.165, 1.54) is 11.9 Å². The zero-order valence-electron chi connectivity index (χ0n) is 19.1. The number of carbonyl (C=O) groups excluding carboxylic acids is 2. The van der Waals surface area contributed by atoms with Gasteiger partial charge in [0.1, 0.15) is 12.6 Å². The Morgan fingerprint density at radius 2 is 1.73 bits per heavy atom. The Bertz CT molecular complexity index is 1110. The van der Waals surface area contributed by atoms with Crippen LogP contribution in [0.1, 0.15) is 31.4 Å². The van der Waals surface area contributed by atoms with Gasteiger partial charge in [-0.15, -0.1) is 0 Å². The molecule has 2 amide bonds. The molecule has 7 nitrogen and oxygen atoms in total. The number of aryl methyl sites for hydroxylation is 1. The number of para-hydroxylation sites is 1. The minimum atomic E-state index is -3.78. The van der Waals surface area contributed by atoms with Gasteiger partial charge < -0.3 is 10.2 Å². The molecule has 0 fully saturated rings. The Morgan fingerprint density at radius 3 is 2.27 bits per heavy atom. The summed E-state index contributed by atoms with van der Waals surface area (Å²) in [7, 11) is -2.29. The number of hydrogen-bond acceptors (Lipinski definition) is 4. The van der Waals surface area contributed by atoms with E-state index in [0.717, 1.165) is 16.1 Å². The molecular weight excluding hydrogens is 485 g/mol. The first-order chi connectivity index (χ1) is 15.5. The van der Waals surface area contributed by atoms with Crippen molar-refractivity contribution in [3.05, 3.63) is 63.6 Å². The molecule has 0 saturated heterocycles. The van der Waals surface area contributed by atoms with Crippen LogP contribution in [0.3, 0.4) is 0 Å². The fourth-order valence-corrected chi connectivity index (χ4v) is 4.92. The lowest BCUT2D eigenvalue weighted by atomic mass is 10.1. The standard InChI is InChI=1S/C23H29Cl2N3O4S/c1-5-16-9-7-8-10-21(16)28(33(4,31)32)15-22(29)27(20(6-2)23(30)26-3)14-17-11-12-18(24)13-19(17)25/h7-13,20H,5-6,14-15H2,1-4H3,(H,26,30)/t20-/m0/s1. The molecule has 1 N–H and O–H groups in total. The Labute approximate surface area is 205 Å². The molecular formula is C23H29Cl2N3O4S. The van der Waals surface area contributed by atoms with Crippen molar-refractivity contribution in [1.82, 2.24) is 10.2 Å². The Morgan fingerprint density at radius 1 is 1.06 bits per heavy atom. The molecule has 33 heavy (non-hydrogen) atoms. The smallest absolute Gasteiger partial charge is 0.244 e. The topological polar surface area (TPSA) is 86.8 Å². The second-order valence-electron chi connectivity index (χ2n) is 7.55. The molecule has 0 aliphatic rings. The third-order valence-electron chi connectivity index (χ3n) is 5.31. The van der Waals surface area contributed by atoms with Gasteiger partial charge in [0, 0.05) is 23.6 Å². The van der Waals surface area contributed by atoms with Crippen molar-refractivity contribution in [2.75, 3.05) is 24.2 Å². The van der Waals surface area contributed by atoms with Gasteiger partial charge in [-0.2, -0.15) is 0 Å². The quantitative estimate of drug-likeness (QED) is 0.522. The molecule has 0 saturated carbocycles. The van der Waals surface area contributed by atoms with Crippen molar-refractivity contribution in [1.29, 1.82) is 0 Å². The van der Waals surface area contributed by atoms with Crippen LogP contribution in [0, 0.1) is 0 Å². The maximum atomic E-state index is 13.5. The van der Waals surface area contributed by atoms with E-state index in [1.807, 2.05) is 19.1 Å². The van der Waals surface area contributed by atoms with Crippen molar-refractivity contribution >= 4 is 50.7 Å². The first-order valence-corrected chi connectivity index (χ1v) is 13.1. The number of nitrogens with one attached hydrogen (secondary N) is 1. The molecule has 2 aromatic carbocycles. The number of likely N-dealkylation sites (N-methyl/N-ethyl adjacent to an activating group) is 1. The summed E-state index contributed by atoms with van der Waals surface area (Å²) in [5, 5.41) is 3.37. The van der Waals surface area contributed by atoms with Crippen LogP contribution in [0.4, 0.5) is 5.69 Å². The van der Waals surface area contributed by atoms with Crippen molar-refractivity contribution in [3.8, 4) is 0 Å². The molecule has 10 heteroatoms. The molecule has 0 aromatic heterocycles. The highest BCUT2D eigenvalue weighted by Gasteiger charge is 2.32. The number of anilines is 1. The van der Waals surface area contributed by atoms with E-state index in [2.05, 4.69) is 5.32 Å². The van der Waals surface area contributed by atoms with Crippen LogP contribution >= 0.6 is 23.2 Å². The summed E-state index contributed by atoms with van der Waals surface area (Å²) in [6.45, 7) is 3.27. The number of sulfonamides is 1. The maximum absolute atomic E-state index is 13.5. The lowest BCUT2D eigenvalue weighted by molar-refractivity contribution is -0.140. The average Bonchev–Trinajstić information content (AvgIpc) is 2.77. The minimum absolute atomic E-state index is 0.0216. The molecule has 0 heterocycles. The van der Waals surface area contributed by atoms with E-state index in [9.17, 15) is 18.0 Å². The van der Waals surface area contributed by atoms with Gasteiger partial charge in [-0.1, -0.05) is 61.3 Å². The normalized spacial score (nSPS) is 12.2. The van der Waals surface area contributed by atoms with Crippen molar-refractivity contribution in [2.45, 2.75) is 39.3 Å². The number of carbonyl (C=O) groups is 2. The molecule has 0 aliphatic carbocycles. The lowest BCUT2D eigenvalue weighted by Crippen LogP contribution is -2.51. The molecule has 0 unspecified atom stereocenters. The number of rotatable bonds is 10. The van der Waals surface area contributed by atoms with Crippen LogP contribution in [0.2, 0.25) is 10.0 Å². The second kappa shape index (κ2) is 11.7. The van der Waals surface area contributed by atoms with Gasteiger partial charge in [0.15, 0.2) is 0 Å². The number of hydrogen-bond donors (Lipinski definition) is 1. The van der Waals surface area contributed by atoms with Crippen LogP contribution in [0.5, 0.6) is 0 Å². The average molecular weight is 514 g/mol. The Balaban J connectivity index is 2.50. The predicted molar refractivity (Wildman–Crippen MR) is 133 cm³/mol. The van der Waals surface area contributed by atoms with Crippen molar-refractivity contribution in [3.63, 3.8) is 0 Å². The van der Waals surface area contributed by atoms with Crippen LogP contribution in [-0.4, -0.2) is 51.0 Å². The lowest BCUT2D eigenvalue weighted by Gasteiger charge is -2.33. The molecule has 180 valence electrons. The van der Waals surface area contributed by atoms with E-state index >= 15 is 0 Å². The third-order valence-corrected chi connectivity index (χ3v) is 7.02. The summed E-state index contributed by atoms with van der Waals surface area (Å²) in [6, 6.07) is 11.1. The highest BCUT2D eigenvalue weighted by Crippen LogP contribution is 2.26. The molecule has 0 aliphatic heterocycles. The maximum Gasteiger partial charge on any atom is 0.244 e. The highest BCUT2D eigenvalue weighted by molar-refractivity contribution is 7.92. The van der Waals surface area contributed by atoms with Gasteiger partial charge in [-0.05, 0) is 42.2 Å². The van der Waals surface area contributed by atoms with Gasteiger partial charge in [-0.3, -0.25) is 13.9 Å². The fourth-order valence-electron chi connectivity index (χ4n) is 3.57. The summed E-state index contributed by atoms with van der Waals surface area (Å²) in [4.78, 5) is 27.5. The van der Waals surface area contributed by atoms with Gasteiger partial charge in [-0.25, -0.2) is 8.42 Å². The molecule has 0 spiro atoms. The SMILES string of the molecule is CCc1ccccc1N(CC(=O)N(Cc1ccc(Cl)cc1Cl)[C@@H](CC)C(=O)NC)S(C)(=O)=O. The van der Waals surface area contributed by atoms with Crippen LogP contribution < -0.4 is 9.62 Å². The molecule has 2 rings (SSSR count). The van der Waals surface area contributed by atoms with Gasteiger partial charge >= 0.3 is 0 Å². The van der Waals surface area contributed by atoms with Crippen molar-refractivity contribution in [2.24, 2.45) is 0 Å². The molecule has 2 aromatic rings. The Hall–Kier alpha value is -2.29. The van der Waals surface area contributed by atoms with Gasteiger partial charge in [0.25, 0.3) is 0 Å². The first-order valence-electron chi connectivity index (χ1n) is 10.5. The van der Waals surface area contributed by atoms with E-state index in [4.69, 9.17) is 23.2 Å². The number of amides is 2. The summed E-state index contributed by atoms with van der Waals surface area (Å²) < 4.78 is 26.4. The zero-order valence-corrected chi connectivity index (χ0v) is 21.5. The first kappa shape index (κ1) is 27.0. The Kier molecular flexibility index (Phi) is 9.57. The van der Waals surface area contributed by atoms with Crippen molar-refractivity contribution < 1.29 is 18.0 Å². The van der Waals surface area contributed by atoms with E-state index in [0.29, 0.717) is 34.1 Å². The zero-order chi connectivity index (χ0) is 24.8. The van der Waals surface area contributed by atoms with E-state index in [1.54, 1.807) is 37.3 Å². The molecule has 0 radical (unpaired) electrons. The number of benzene rings is 2. The summed E-state index contributed by atoms with van der Waals surface area (Å²) >= 11 is 12.3. The molecule has 0 bridgehead atoms.